The monoisotopic (exact) mass is 681 g/mol. The van der Waals surface area contributed by atoms with Crippen molar-refractivity contribution in [3.63, 3.8) is 0 Å². The largest absolute Gasteiger partial charge is 0.478 e. The third-order valence-corrected chi connectivity index (χ3v) is 9.00. The van der Waals surface area contributed by atoms with Gasteiger partial charge in [0.05, 0.1) is 16.2 Å². The highest BCUT2D eigenvalue weighted by Gasteiger charge is 2.34. The maximum absolute atomic E-state index is 13.3. The summed E-state index contributed by atoms with van der Waals surface area (Å²) in [5.74, 6) is -1.27. The summed E-state index contributed by atoms with van der Waals surface area (Å²) in [5.41, 5.74) is 2.42. The number of hydrogen-bond donors (Lipinski definition) is 4. The molecular formula is C35H47N5O7S. The van der Waals surface area contributed by atoms with E-state index in [1.165, 1.54) is 18.2 Å². The van der Waals surface area contributed by atoms with Crippen LogP contribution in [0.4, 0.5) is 10.7 Å². The Bertz CT molecular complexity index is 1720. The number of amides is 1. The molecule has 4 N–H and O–H groups in total. The second kappa shape index (κ2) is 14.5. The van der Waals surface area contributed by atoms with Gasteiger partial charge in [-0.25, -0.2) is 27.7 Å². The van der Waals surface area contributed by atoms with E-state index in [4.69, 9.17) is 9.47 Å². The molecule has 260 valence electrons. The zero-order chi connectivity index (χ0) is 35.4. The van der Waals surface area contributed by atoms with E-state index >= 15 is 0 Å². The van der Waals surface area contributed by atoms with Gasteiger partial charge in [0.1, 0.15) is 12.2 Å². The Labute approximate surface area is 283 Å². The second-order valence-electron chi connectivity index (χ2n) is 14.6. The standard InChI is InChI=1S/C35H47N5O7S/c1-21-11-9-12-22(2)30(21)28-18-29(39-32(38-28)40-48(44,45)27-14-10-13-23(15-27)31(41)42)46-20-26(19-34(3,4)5)36-24-16-25(17-24)37-33(43)47-35(6,7)8/h9-15,18,24-26,36H,16-17,19-20H2,1-8H3,(H,37,43)(H,41,42)(H,38,39,40). The Balaban J connectivity index is 1.56. The lowest BCUT2D eigenvalue weighted by Crippen LogP contribution is -2.56. The number of carboxylic acid groups (broad SMARTS) is 1. The third-order valence-electron chi connectivity index (χ3n) is 7.68. The Morgan fingerprint density at radius 2 is 1.60 bits per heavy atom. The molecule has 13 heteroatoms. The highest BCUT2D eigenvalue weighted by atomic mass is 32.2. The lowest BCUT2D eigenvalue weighted by Gasteiger charge is -2.40. The summed E-state index contributed by atoms with van der Waals surface area (Å²) in [6.45, 7) is 16.1. The lowest BCUT2D eigenvalue weighted by atomic mass is 9.84. The number of aryl methyl sites for hydroxylation is 2. The van der Waals surface area contributed by atoms with Gasteiger partial charge in [0.25, 0.3) is 10.0 Å². The number of sulfonamides is 1. The van der Waals surface area contributed by atoms with Crippen LogP contribution in [-0.2, 0) is 14.8 Å². The number of alkyl carbamates (subject to hydrolysis) is 1. The molecule has 1 heterocycles. The van der Waals surface area contributed by atoms with Crippen LogP contribution in [0.15, 0.2) is 53.4 Å². The summed E-state index contributed by atoms with van der Waals surface area (Å²) < 4.78 is 40.8. The van der Waals surface area contributed by atoms with E-state index < -0.39 is 27.7 Å². The first-order valence-electron chi connectivity index (χ1n) is 16.0. The number of aromatic carboxylic acids is 1. The minimum Gasteiger partial charge on any atom is -0.478 e. The van der Waals surface area contributed by atoms with Gasteiger partial charge in [-0.3, -0.25) is 0 Å². The molecule has 4 rings (SSSR count). The first-order chi connectivity index (χ1) is 22.3. The molecule has 0 saturated heterocycles. The predicted molar refractivity (Wildman–Crippen MR) is 184 cm³/mol. The molecule has 2 aromatic carbocycles. The first kappa shape index (κ1) is 36.6. The molecule has 12 nitrogen and oxygen atoms in total. The van der Waals surface area contributed by atoms with Crippen molar-refractivity contribution in [1.29, 1.82) is 0 Å². The van der Waals surface area contributed by atoms with Gasteiger partial charge in [-0.2, -0.15) is 4.98 Å². The van der Waals surface area contributed by atoms with Crippen molar-refractivity contribution >= 4 is 28.0 Å². The molecule has 1 unspecified atom stereocenters. The number of carbonyl (C=O) groups is 2. The van der Waals surface area contributed by atoms with Crippen molar-refractivity contribution in [2.75, 3.05) is 11.3 Å². The molecule has 1 fully saturated rings. The third kappa shape index (κ3) is 10.4. The fraction of sp³-hybridized carbons (Fsp3) is 0.486. The van der Waals surface area contributed by atoms with Crippen LogP contribution in [0.1, 0.15) is 82.3 Å². The zero-order valence-electron chi connectivity index (χ0n) is 28.9. The molecule has 1 aromatic heterocycles. The molecule has 0 aliphatic heterocycles. The Morgan fingerprint density at radius 3 is 2.21 bits per heavy atom. The van der Waals surface area contributed by atoms with Crippen LogP contribution >= 0.6 is 0 Å². The normalized spacial score (nSPS) is 17.2. The number of carboxylic acids is 1. The van der Waals surface area contributed by atoms with Crippen molar-refractivity contribution in [3.8, 4) is 17.1 Å². The molecule has 1 atom stereocenters. The lowest BCUT2D eigenvalue weighted by molar-refractivity contribution is 0.0457. The Morgan fingerprint density at radius 1 is 0.958 bits per heavy atom. The first-order valence-corrected chi connectivity index (χ1v) is 17.5. The summed E-state index contributed by atoms with van der Waals surface area (Å²) in [6, 6.07) is 12.7. The van der Waals surface area contributed by atoms with E-state index in [1.54, 1.807) is 6.07 Å². The maximum Gasteiger partial charge on any atom is 0.407 e. The van der Waals surface area contributed by atoms with E-state index in [-0.39, 0.29) is 52.4 Å². The smallest absolute Gasteiger partial charge is 0.407 e. The van der Waals surface area contributed by atoms with Crippen LogP contribution < -0.4 is 20.1 Å². The molecule has 48 heavy (non-hydrogen) atoms. The van der Waals surface area contributed by atoms with Gasteiger partial charge in [-0.05, 0) is 88.6 Å². The molecule has 1 saturated carbocycles. The number of aromatic nitrogens is 2. The molecular weight excluding hydrogens is 634 g/mol. The molecule has 0 bridgehead atoms. The summed E-state index contributed by atoms with van der Waals surface area (Å²) in [6.07, 6.45) is 1.85. The van der Waals surface area contributed by atoms with Gasteiger partial charge < -0.3 is 25.2 Å². The average molecular weight is 682 g/mol. The quantitative estimate of drug-likeness (QED) is 0.176. The van der Waals surface area contributed by atoms with Gasteiger partial charge in [-0.15, -0.1) is 0 Å². The highest BCUT2D eigenvalue weighted by molar-refractivity contribution is 7.92. The fourth-order valence-corrected chi connectivity index (χ4v) is 6.63. The number of nitrogens with one attached hydrogen (secondary N) is 3. The SMILES string of the molecule is Cc1cccc(C)c1-c1cc(OCC(CC(C)(C)C)NC2CC(NC(=O)OC(C)(C)C)C2)nc(NS(=O)(=O)c2cccc(C(=O)O)c2)n1. The van der Waals surface area contributed by atoms with Crippen molar-refractivity contribution in [2.45, 2.75) is 103 Å². The topological polar surface area (TPSA) is 169 Å². The van der Waals surface area contributed by atoms with Gasteiger partial charge in [0, 0.05) is 29.8 Å². The van der Waals surface area contributed by atoms with Gasteiger partial charge in [0.15, 0.2) is 0 Å². The van der Waals surface area contributed by atoms with Crippen LogP contribution in [-0.4, -0.2) is 65.9 Å². The molecule has 1 aliphatic carbocycles. The number of nitrogens with zero attached hydrogens (tertiary/aromatic N) is 2. The number of ether oxygens (including phenoxy) is 2. The molecule has 3 aromatic rings. The number of anilines is 1. The van der Waals surface area contributed by atoms with E-state index in [2.05, 4.69) is 46.1 Å². The van der Waals surface area contributed by atoms with Crippen LogP contribution in [0.25, 0.3) is 11.3 Å². The highest BCUT2D eigenvalue weighted by Crippen LogP contribution is 2.30. The summed E-state index contributed by atoms with van der Waals surface area (Å²) >= 11 is 0. The molecule has 1 amide bonds. The number of hydrogen-bond acceptors (Lipinski definition) is 9. The van der Waals surface area contributed by atoms with E-state index in [9.17, 15) is 23.1 Å². The van der Waals surface area contributed by atoms with Gasteiger partial charge >= 0.3 is 12.1 Å². The van der Waals surface area contributed by atoms with E-state index in [0.717, 1.165) is 42.0 Å². The van der Waals surface area contributed by atoms with Crippen molar-refractivity contribution < 1.29 is 32.6 Å². The van der Waals surface area contributed by atoms with Crippen LogP contribution in [0.2, 0.25) is 0 Å². The zero-order valence-corrected chi connectivity index (χ0v) is 29.7. The fourth-order valence-electron chi connectivity index (χ4n) is 5.64. The van der Waals surface area contributed by atoms with Crippen LogP contribution in [0, 0.1) is 19.3 Å². The minimum absolute atomic E-state index is 0.0158. The van der Waals surface area contributed by atoms with E-state index in [0.29, 0.717) is 5.69 Å². The Hall–Kier alpha value is -4.23. The number of carbonyl (C=O) groups excluding carboxylic acids is 1. The minimum atomic E-state index is -4.24. The van der Waals surface area contributed by atoms with Crippen molar-refractivity contribution in [1.82, 2.24) is 20.6 Å². The van der Waals surface area contributed by atoms with Crippen LogP contribution in [0.5, 0.6) is 5.88 Å². The van der Waals surface area contributed by atoms with Gasteiger partial charge in [0.2, 0.25) is 11.8 Å². The molecule has 0 spiro atoms. The number of benzene rings is 2. The Kier molecular flexibility index (Phi) is 11.0. The second-order valence-corrected chi connectivity index (χ2v) is 16.3. The number of rotatable bonds is 12. The summed E-state index contributed by atoms with van der Waals surface area (Å²) in [5, 5.41) is 16.0. The van der Waals surface area contributed by atoms with Crippen molar-refractivity contribution in [2.24, 2.45) is 5.41 Å². The van der Waals surface area contributed by atoms with Crippen LogP contribution in [0.3, 0.4) is 0 Å². The maximum atomic E-state index is 13.3. The molecule has 0 radical (unpaired) electrons. The van der Waals surface area contributed by atoms with Gasteiger partial charge in [-0.1, -0.05) is 45.0 Å². The average Bonchev–Trinajstić information content (AvgIpc) is 2.92. The summed E-state index contributed by atoms with van der Waals surface area (Å²) in [7, 11) is -4.24. The summed E-state index contributed by atoms with van der Waals surface area (Å²) in [4.78, 5) is 32.4. The van der Waals surface area contributed by atoms with E-state index in [1.807, 2.05) is 52.8 Å². The van der Waals surface area contributed by atoms with Crippen molar-refractivity contribution in [3.05, 3.63) is 65.2 Å². The predicted octanol–water partition coefficient (Wildman–Crippen LogP) is 6.09. The molecule has 1 aliphatic rings.